The van der Waals surface area contributed by atoms with Crippen molar-refractivity contribution in [3.8, 4) is 0 Å². The molecule has 0 aromatic rings. The van der Waals surface area contributed by atoms with Gasteiger partial charge in [0.05, 0.1) is 0 Å². The van der Waals surface area contributed by atoms with Gasteiger partial charge in [0.1, 0.15) is 0 Å². The van der Waals surface area contributed by atoms with E-state index in [9.17, 15) is 0 Å². The van der Waals surface area contributed by atoms with Gasteiger partial charge in [-0.1, -0.05) is 0 Å². The molecule has 2 unspecified atom stereocenters. The van der Waals surface area contributed by atoms with E-state index in [1.165, 1.54) is 38.9 Å². The second-order valence-electron chi connectivity index (χ2n) is 4.01. The molecule has 2 saturated heterocycles. The summed E-state index contributed by atoms with van der Waals surface area (Å²) in [5.41, 5.74) is 0. The first-order chi connectivity index (χ1) is 5.36. The Morgan fingerprint density at radius 1 is 1.36 bits per heavy atom. The fraction of sp³-hybridized carbons (Fsp3) is 1.00. The molecule has 2 fully saturated rings. The lowest BCUT2D eigenvalue weighted by Crippen LogP contribution is -2.30. The van der Waals surface area contributed by atoms with Gasteiger partial charge in [0.15, 0.2) is 0 Å². The summed E-state index contributed by atoms with van der Waals surface area (Å²) in [5.74, 6) is 0.947. The van der Waals surface area contributed by atoms with Gasteiger partial charge in [-0.2, -0.15) is 0 Å². The number of rotatable bonds is 0. The first-order valence-electron chi connectivity index (χ1n) is 4.78. The molecule has 0 radical (unpaired) electrons. The first-order valence-corrected chi connectivity index (χ1v) is 4.78. The van der Waals surface area contributed by atoms with E-state index < -0.39 is 0 Å². The smallest absolute Gasteiger partial charge is 0.0108 e. The summed E-state index contributed by atoms with van der Waals surface area (Å²) in [6, 6.07) is 0.847. The minimum absolute atomic E-state index is 0.847. The molecule has 2 atom stereocenters. The molecule has 0 aromatic carbocycles. The van der Waals surface area contributed by atoms with Gasteiger partial charge in [0.2, 0.25) is 0 Å². The molecule has 2 rings (SSSR count). The maximum Gasteiger partial charge on any atom is 0.0108 e. The molecule has 11 heavy (non-hydrogen) atoms. The topological polar surface area (TPSA) is 15.3 Å². The van der Waals surface area contributed by atoms with Gasteiger partial charge in [0.25, 0.3) is 0 Å². The molecule has 0 aromatic heterocycles. The lowest BCUT2D eigenvalue weighted by Gasteiger charge is -2.18. The van der Waals surface area contributed by atoms with Crippen LogP contribution >= 0.6 is 0 Å². The Morgan fingerprint density at radius 3 is 3.18 bits per heavy atom. The zero-order valence-electron chi connectivity index (χ0n) is 7.34. The number of nitrogens with one attached hydrogen (secondary N) is 1. The Labute approximate surface area is 69.0 Å². The molecule has 1 N–H and O–H groups in total. The third-order valence-corrected chi connectivity index (χ3v) is 3.09. The lowest BCUT2D eigenvalue weighted by atomic mass is 9.99. The molecule has 2 aliphatic heterocycles. The fourth-order valence-corrected chi connectivity index (χ4v) is 2.45. The Balaban J connectivity index is 1.98. The van der Waals surface area contributed by atoms with E-state index in [1.54, 1.807) is 0 Å². The van der Waals surface area contributed by atoms with Crippen molar-refractivity contribution >= 4 is 0 Å². The molecule has 2 heteroatoms. The molecule has 0 spiro atoms. The highest BCUT2D eigenvalue weighted by atomic mass is 15.1. The van der Waals surface area contributed by atoms with Crippen molar-refractivity contribution in [2.75, 3.05) is 26.7 Å². The van der Waals surface area contributed by atoms with Crippen molar-refractivity contribution < 1.29 is 0 Å². The summed E-state index contributed by atoms with van der Waals surface area (Å²) < 4.78 is 0. The maximum atomic E-state index is 3.59. The molecular formula is C9H18N2. The summed E-state index contributed by atoms with van der Waals surface area (Å²) in [5, 5.41) is 3.59. The highest BCUT2D eigenvalue weighted by molar-refractivity contribution is 4.87. The average Bonchev–Trinajstić information content (AvgIpc) is 2.31. The van der Waals surface area contributed by atoms with Crippen LogP contribution in [0, 0.1) is 5.92 Å². The van der Waals surface area contributed by atoms with Gasteiger partial charge in [-0.3, -0.25) is 0 Å². The van der Waals surface area contributed by atoms with Gasteiger partial charge in [-0.05, 0) is 45.3 Å². The third-order valence-electron chi connectivity index (χ3n) is 3.09. The molecule has 2 aliphatic rings. The zero-order valence-corrected chi connectivity index (χ0v) is 7.34. The van der Waals surface area contributed by atoms with Crippen LogP contribution in [0.25, 0.3) is 0 Å². The number of likely N-dealkylation sites (tertiary alicyclic amines) is 1. The number of hydrogen-bond donors (Lipinski definition) is 1. The summed E-state index contributed by atoms with van der Waals surface area (Å²) >= 11 is 0. The van der Waals surface area contributed by atoms with Crippen molar-refractivity contribution in [2.45, 2.75) is 25.3 Å². The lowest BCUT2D eigenvalue weighted by molar-refractivity contribution is 0.297. The van der Waals surface area contributed by atoms with Crippen LogP contribution in [0.3, 0.4) is 0 Å². The van der Waals surface area contributed by atoms with Gasteiger partial charge in [0, 0.05) is 12.6 Å². The second-order valence-corrected chi connectivity index (χ2v) is 4.01. The van der Waals surface area contributed by atoms with Crippen LogP contribution < -0.4 is 5.32 Å². The van der Waals surface area contributed by atoms with E-state index in [1.807, 2.05) is 0 Å². The van der Waals surface area contributed by atoms with Crippen LogP contribution in [0.2, 0.25) is 0 Å². The molecule has 2 nitrogen and oxygen atoms in total. The molecule has 0 saturated carbocycles. The molecule has 0 bridgehead atoms. The summed E-state index contributed by atoms with van der Waals surface area (Å²) in [6.07, 6.45) is 4.18. The average molecular weight is 154 g/mol. The number of nitrogens with zero attached hydrogens (tertiary/aromatic N) is 1. The van der Waals surface area contributed by atoms with Crippen molar-refractivity contribution in [3.63, 3.8) is 0 Å². The second kappa shape index (κ2) is 3.11. The summed E-state index contributed by atoms with van der Waals surface area (Å²) in [4.78, 5) is 2.48. The van der Waals surface area contributed by atoms with E-state index in [0.717, 1.165) is 12.0 Å². The number of fused-ring (bicyclic) bond motifs is 1. The Morgan fingerprint density at radius 2 is 2.27 bits per heavy atom. The van der Waals surface area contributed by atoms with Gasteiger partial charge in [-0.25, -0.2) is 0 Å². The van der Waals surface area contributed by atoms with Crippen LogP contribution in [-0.4, -0.2) is 37.6 Å². The standard InChI is InChI=1S/C9H18N2/c1-11-6-2-3-9-8(7-11)4-5-10-9/h8-10H,2-7H2,1H3. The quantitative estimate of drug-likeness (QED) is 0.552. The molecule has 0 amide bonds. The van der Waals surface area contributed by atoms with E-state index in [-0.39, 0.29) is 0 Å². The largest absolute Gasteiger partial charge is 0.314 e. The predicted octanol–water partition coefficient (Wildman–Crippen LogP) is 0.690. The van der Waals surface area contributed by atoms with Crippen LogP contribution in [-0.2, 0) is 0 Å². The summed E-state index contributed by atoms with van der Waals surface area (Å²) in [6.45, 7) is 3.87. The van der Waals surface area contributed by atoms with E-state index in [4.69, 9.17) is 0 Å². The normalized spacial score (nSPS) is 40.1. The van der Waals surface area contributed by atoms with Crippen molar-refractivity contribution in [2.24, 2.45) is 5.92 Å². The van der Waals surface area contributed by atoms with Crippen molar-refractivity contribution in [1.29, 1.82) is 0 Å². The SMILES string of the molecule is CN1CCCC2NCCC2C1. The Hall–Kier alpha value is -0.0800. The third kappa shape index (κ3) is 1.57. The van der Waals surface area contributed by atoms with E-state index in [0.29, 0.717) is 0 Å². The van der Waals surface area contributed by atoms with Crippen LogP contribution in [0.15, 0.2) is 0 Å². The molecule has 2 heterocycles. The number of hydrogen-bond acceptors (Lipinski definition) is 2. The monoisotopic (exact) mass is 154 g/mol. The molecule has 64 valence electrons. The Kier molecular flexibility index (Phi) is 2.14. The van der Waals surface area contributed by atoms with Crippen molar-refractivity contribution in [1.82, 2.24) is 10.2 Å². The minimum Gasteiger partial charge on any atom is -0.314 e. The van der Waals surface area contributed by atoms with Gasteiger partial charge < -0.3 is 10.2 Å². The van der Waals surface area contributed by atoms with Crippen LogP contribution in [0.1, 0.15) is 19.3 Å². The highest BCUT2D eigenvalue weighted by Crippen LogP contribution is 2.23. The van der Waals surface area contributed by atoms with Gasteiger partial charge in [-0.15, -0.1) is 0 Å². The molecule has 0 aliphatic carbocycles. The van der Waals surface area contributed by atoms with Crippen LogP contribution in [0.5, 0.6) is 0 Å². The van der Waals surface area contributed by atoms with E-state index >= 15 is 0 Å². The molecular weight excluding hydrogens is 136 g/mol. The zero-order chi connectivity index (χ0) is 7.68. The predicted molar refractivity (Wildman–Crippen MR) is 46.6 cm³/mol. The summed E-state index contributed by atoms with van der Waals surface area (Å²) in [7, 11) is 2.25. The van der Waals surface area contributed by atoms with E-state index in [2.05, 4.69) is 17.3 Å². The fourth-order valence-electron chi connectivity index (χ4n) is 2.45. The maximum absolute atomic E-state index is 3.59. The first kappa shape index (κ1) is 7.56. The minimum atomic E-state index is 0.847. The highest BCUT2D eigenvalue weighted by Gasteiger charge is 2.29. The Bertz CT molecular complexity index is 136. The van der Waals surface area contributed by atoms with Gasteiger partial charge >= 0.3 is 0 Å². The van der Waals surface area contributed by atoms with Crippen LogP contribution in [0.4, 0.5) is 0 Å². The van der Waals surface area contributed by atoms with Crippen molar-refractivity contribution in [3.05, 3.63) is 0 Å².